The van der Waals surface area contributed by atoms with Gasteiger partial charge in [-0.25, -0.2) is 5.01 Å². The summed E-state index contributed by atoms with van der Waals surface area (Å²) in [5.74, 6) is 0.358. The number of hydrogen-bond donors (Lipinski definition) is 1. The molecule has 2 aromatic rings. The lowest BCUT2D eigenvalue weighted by molar-refractivity contribution is -0.130. The zero-order chi connectivity index (χ0) is 19.4. The number of hydrazone groups is 1. The summed E-state index contributed by atoms with van der Waals surface area (Å²) in [5, 5.41) is 8.51. The van der Waals surface area contributed by atoms with E-state index in [1.165, 1.54) is 23.8 Å². The van der Waals surface area contributed by atoms with E-state index in [0.29, 0.717) is 22.8 Å². The van der Waals surface area contributed by atoms with Crippen LogP contribution in [0, 0.1) is 0 Å². The van der Waals surface area contributed by atoms with E-state index in [4.69, 9.17) is 16.3 Å². The van der Waals surface area contributed by atoms with Gasteiger partial charge in [0.15, 0.2) is 0 Å². The Kier molecular flexibility index (Phi) is 6.03. The van der Waals surface area contributed by atoms with Crippen molar-refractivity contribution in [3.8, 4) is 5.75 Å². The van der Waals surface area contributed by atoms with E-state index in [2.05, 4.69) is 10.4 Å². The summed E-state index contributed by atoms with van der Waals surface area (Å²) in [7, 11) is 3.16. The third-order valence-corrected chi connectivity index (χ3v) is 5.45. The number of halogens is 1. The third-order valence-electron chi connectivity index (χ3n) is 3.95. The second kappa shape index (κ2) is 8.45. The largest absolute Gasteiger partial charge is 0.497 e. The van der Waals surface area contributed by atoms with Gasteiger partial charge >= 0.3 is 0 Å². The number of hydrogen-bond acceptors (Lipinski definition) is 5. The maximum atomic E-state index is 12.3. The fourth-order valence-corrected chi connectivity index (χ4v) is 3.58. The topological polar surface area (TPSA) is 71.0 Å². The van der Waals surface area contributed by atoms with Crippen molar-refractivity contribution in [2.24, 2.45) is 5.10 Å². The number of nitrogens with zero attached hydrogens (tertiary/aromatic N) is 2. The minimum Gasteiger partial charge on any atom is -0.497 e. The molecule has 1 heterocycles. The Morgan fingerprint density at radius 1 is 1.22 bits per heavy atom. The summed E-state index contributed by atoms with van der Waals surface area (Å²) in [6.45, 7) is 0. The van der Waals surface area contributed by atoms with Crippen molar-refractivity contribution in [3.05, 3.63) is 47.5 Å². The predicted molar refractivity (Wildman–Crippen MR) is 107 cm³/mol. The van der Waals surface area contributed by atoms with Crippen molar-refractivity contribution in [1.82, 2.24) is 5.01 Å². The number of anilines is 1. The first-order chi connectivity index (χ1) is 13.0. The van der Waals surface area contributed by atoms with Crippen molar-refractivity contribution < 1.29 is 14.3 Å². The van der Waals surface area contributed by atoms with Crippen molar-refractivity contribution in [2.45, 2.75) is 22.6 Å². The molecule has 0 spiro atoms. The van der Waals surface area contributed by atoms with Gasteiger partial charge in [-0.15, -0.1) is 0 Å². The van der Waals surface area contributed by atoms with E-state index < -0.39 is 0 Å². The average Bonchev–Trinajstić information content (AvgIpc) is 2.66. The molecule has 0 bridgehead atoms. The minimum absolute atomic E-state index is 0.102. The quantitative estimate of drug-likeness (QED) is 0.817. The van der Waals surface area contributed by atoms with Gasteiger partial charge in [-0.3, -0.25) is 9.59 Å². The number of benzene rings is 2. The molecule has 0 atom stereocenters. The number of rotatable bonds is 5. The summed E-state index contributed by atoms with van der Waals surface area (Å²) < 4.78 is 5.15. The maximum Gasteiger partial charge on any atom is 0.271 e. The monoisotopic (exact) mass is 403 g/mol. The highest BCUT2D eigenvalue weighted by Crippen LogP contribution is 2.35. The van der Waals surface area contributed by atoms with Gasteiger partial charge in [-0.05, 0) is 42.5 Å². The molecule has 0 saturated carbocycles. The molecule has 1 aliphatic heterocycles. The highest BCUT2D eigenvalue weighted by molar-refractivity contribution is 7.99. The maximum absolute atomic E-state index is 12.3. The fraction of sp³-hybridized carbons (Fsp3) is 0.211. The van der Waals surface area contributed by atoms with Gasteiger partial charge in [0.05, 0.1) is 12.1 Å². The van der Waals surface area contributed by atoms with Crippen LogP contribution < -0.4 is 10.1 Å². The number of nitrogens with one attached hydrogen (secondary N) is 1. The van der Waals surface area contributed by atoms with Crippen molar-refractivity contribution in [1.29, 1.82) is 0 Å². The lowest BCUT2D eigenvalue weighted by atomic mass is 10.1. The van der Waals surface area contributed by atoms with Crippen LogP contribution in [0.15, 0.2) is 57.4 Å². The SMILES string of the molecule is COc1ccc(Sc2ccc(NC(=O)C3=NN(C)C(=O)CC3)cc2Cl)cc1. The summed E-state index contributed by atoms with van der Waals surface area (Å²) in [5.41, 5.74) is 0.899. The smallest absolute Gasteiger partial charge is 0.271 e. The van der Waals surface area contributed by atoms with Gasteiger partial charge in [0.1, 0.15) is 11.5 Å². The predicted octanol–water partition coefficient (Wildman–Crippen LogP) is 4.05. The number of carbonyl (C=O) groups is 2. The molecule has 2 amide bonds. The van der Waals surface area contributed by atoms with E-state index in [-0.39, 0.29) is 18.2 Å². The molecule has 8 heteroatoms. The first kappa shape index (κ1) is 19.3. The van der Waals surface area contributed by atoms with Crippen LogP contribution in [0.1, 0.15) is 12.8 Å². The highest BCUT2D eigenvalue weighted by atomic mass is 35.5. The Morgan fingerprint density at radius 3 is 2.59 bits per heavy atom. The molecule has 0 saturated heterocycles. The van der Waals surface area contributed by atoms with Crippen molar-refractivity contribution >= 4 is 46.6 Å². The molecular formula is C19H18ClN3O3S. The number of amides is 2. The Hall–Kier alpha value is -2.51. The lowest BCUT2D eigenvalue weighted by Crippen LogP contribution is -2.34. The molecule has 0 radical (unpaired) electrons. The van der Waals surface area contributed by atoms with Crippen LogP contribution in [-0.4, -0.2) is 36.7 Å². The molecule has 3 rings (SSSR count). The summed E-state index contributed by atoms with van der Waals surface area (Å²) in [6.07, 6.45) is 0.606. The molecule has 2 aromatic carbocycles. The van der Waals surface area contributed by atoms with Gasteiger partial charge < -0.3 is 10.1 Å². The number of methoxy groups -OCH3 is 1. The van der Waals surface area contributed by atoms with Crippen molar-refractivity contribution in [3.63, 3.8) is 0 Å². The van der Waals surface area contributed by atoms with Gasteiger partial charge in [0.25, 0.3) is 5.91 Å². The zero-order valence-electron chi connectivity index (χ0n) is 14.9. The summed E-state index contributed by atoms with van der Waals surface area (Å²) in [6, 6.07) is 13.0. The molecule has 0 fully saturated rings. The number of carbonyl (C=O) groups excluding carboxylic acids is 2. The Morgan fingerprint density at radius 2 is 1.96 bits per heavy atom. The molecule has 27 heavy (non-hydrogen) atoms. The molecule has 0 unspecified atom stereocenters. The van der Waals surface area contributed by atoms with E-state index in [0.717, 1.165) is 15.5 Å². The summed E-state index contributed by atoms with van der Waals surface area (Å²) in [4.78, 5) is 25.7. The molecular weight excluding hydrogens is 386 g/mol. The van der Waals surface area contributed by atoms with Crippen LogP contribution >= 0.6 is 23.4 Å². The number of ether oxygens (including phenoxy) is 1. The average molecular weight is 404 g/mol. The minimum atomic E-state index is -0.332. The molecule has 1 N–H and O–H groups in total. The molecule has 140 valence electrons. The Bertz CT molecular complexity index is 900. The standard InChI is InChI=1S/C19H18ClN3O3S/c1-23-18(24)10-8-16(22-23)19(25)21-12-3-9-17(15(20)11-12)27-14-6-4-13(26-2)5-7-14/h3-7,9,11H,8,10H2,1-2H3,(H,21,25). The van der Waals surface area contributed by atoms with Gasteiger partial charge in [-0.1, -0.05) is 23.4 Å². The first-order valence-electron chi connectivity index (χ1n) is 8.23. The van der Waals surface area contributed by atoms with E-state index in [1.807, 2.05) is 30.3 Å². The van der Waals surface area contributed by atoms with Crippen LogP contribution in [0.5, 0.6) is 5.75 Å². The van der Waals surface area contributed by atoms with Crippen LogP contribution in [-0.2, 0) is 9.59 Å². The first-order valence-corrected chi connectivity index (χ1v) is 9.42. The third kappa shape index (κ3) is 4.81. The van der Waals surface area contributed by atoms with Gasteiger partial charge in [-0.2, -0.15) is 5.10 Å². The van der Waals surface area contributed by atoms with Crippen LogP contribution in [0.3, 0.4) is 0 Å². The Balaban J connectivity index is 1.68. The molecule has 0 aromatic heterocycles. The van der Waals surface area contributed by atoms with Crippen LogP contribution in [0.4, 0.5) is 5.69 Å². The van der Waals surface area contributed by atoms with E-state index in [9.17, 15) is 9.59 Å². The fourth-order valence-electron chi connectivity index (χ4n) is 2.47. The molecule has 6 nitrogen and oxygen atoms in total. The summed E-state index contributed by atoms with van der Waals surface area (Å²) >= 11 is 7.89. The highest BCUT2D eigenvalue weighted by Gasteiger charge is 2.22. The lowest BCUT2D eigenvalue weighted by Gasteiger charge is -2.19. The van der Waals surface area contributed by atoms with E-state index >= 15 is 0 Å². The van der Waals surface area contributed by atoms with Gasteiger partial charge in [0.2, 0.25) is 5.91 Å². The Labute approximate surface area is 166 Å². The van der Waals surface area contributed by atoms with Crippen molar-refractivity contribution in [2.75, 3.05) is 19.5 Å². The zero-order valence-corrected chi connectivity index (χ0v) is 16.4. The normalized spacial score (nSPS) is 14.0. The van der Waals surface area contributed by atoms with Crippen LogP contribution in [0.25, 0.3) is 0 Å². The molecule has 0 aliphatic carbocycles. The second-order valence-electron chi connectivity index (χ2n) is 5.84. The molecule has 1 aliphatic rings. The second-order valence-corrected chi connectivity index (χ2v) is 7.36. The van der Waals surface area contributed by atoms with Crippen LogP contribution in [0.2, 0.25) is 5.02 Å². The van der Waals surface area contributed by atoms with Gasteiger partial charge in [0, 0.05) is 35.4 Å². The van der Waals surface area contributed by atoms with E-state index in [1.54, 1.807) is 19.2 Å².